The molecular formula is C22H21N5O2. The van der Waals surface area contributed by atoms with Gasteiger partial charge < -0.3 is 10.1 Å². The smallest absolute Gasteiger partial charge is 0.277 e. The summed E-state index contributed by atoms with van der Waals surface area (Å²) in [6.45, 7) is 1.12. The number of hydrogen-bond donors (Lipinski definition) is 2. The van der Waals surface area contributed by atoms with Crippen LogP contribution in [0.15, 0.2) is 59.4 Å². The third kappa shape index (κ3) is 3.59. The first-order valence-corrected chi connectivity index (χ1v) is 9.76. The number of aryl methyl sites for hydroxylation is 1. The monoisotopic (exact) mass is 387 g/mol. The van der Waals surface area contributed by atoms with E-state index in [0.29, 0.717) is 24.9 Å². The molecule has 2 heterocycles. The van der Waals surface area contributed by atoms with Crippen LogP contribution in [0.2, 0.25) is 0 Å². The minimum Gasteiger partial charge on any atom is -0.489 e. The van der Waals surface area contributed by atoms with Crippen LogP contribution >= 0.6 is 0 Å². The van der Waals surface area contributed by atoms with E-state index in [0.717, 1.165) is 47.4 Å². The standard InChI is InChI=1S/C22H21N5O2/c28-20-18-7-4-8-19(18)24-22-25-21(26-27(20)22)23-13-15-9-11-17(12-10-15)29-14-16-5-2-1-3-6-16/h1-3,5-6,9-12H,4,7-8,13-14H2,(H2,23,24,25,26). The number of anilines is 1. The number of hydrogen-bond acceptors (Lipinski definition) is 5. The summed E-state index contributed by atoms with van der Waals surface area (Å²) < 4.78 is 7.24. The van der Waals surface area contributed by atoms with Crippen molar-refractivity contribution in [2.24, 2.45) is 0 Å². The van der Waals surface area contributed by atoms with Gasteiger partial charge in [-0.05, 0) is 42.5 Å². The minimum absolute atomic E-state index is 0.0389. The lowest BCUT2D eigenvalue weighted by molar-refractivity contribution is 0.306. The van der Waals surface area contributed by atoms with Gasteiger partial charge in [0, 0.05) is 12.1 Å². The molecule has 0 bridgehead atoms. The van der Waals surface area contributed by atoms with Gasteiger partial charge in [0.25, 0.3) is 11.3 Å². The van der Waals surface area contributed by atoms with Gasteiger partial charge in [-0.2, -0.15) is 9.50 Å². The van der Waals surface area contributed by atoms with Crippen molar-refractivity contribution in [1.29, 1.82) is 0 Å². The Hall–Kier alpha value is -3.61. The Kier molecular flexibility index (Phi) is 4.48. The van der Waals surface area contributed by atoms with E-state index >= 15 is 0 Å². The van der Waals surface area contributed by atoms with Crippen LogP contribution in [0.4, 0.5) is 5.95 Å². The minimum atomic E-state index is -0.0389. The summed E-state index contributed by atoms with van der Waals surface area (Å²) in [7, 11) is 0. The molecule has 1 aliphatic rings. The van der Waals surface area contributed by atoms with Gasteiger partial charge in [0.05, 0.1) is 5.69 Å². The van der Waals surface area contributed by atoms with Crippen LogP contribution in [-0.4, -0.2) is 19.6 Å². The van der Waals surface area contributed by atoms with E-state index in [4.69, 9.17) is 4.74 Å². The van der Waals surface area contributed by atoms with Gasteiger partial charge >= 0.3 is 0 Å². The Bertz CT molecular complexity index is 1200. The van der Waals surface area contributed by atoms with E-state index in [1.165, 1.54) is 4.52 Å². The second kappa shape index (κ2) is 7.43. The maximum atomic E-state index is 12.5. The van der Waals surface area contributed by atoms with Crippen LogP contribution in [-0.2, 0) is 26.0 Å². The molecule has 0 radical (unpaired) electrons. The summed E-state index contributed by atoms with van der Waals surface area (Å²) in [4.78, 5) is 21.4. The van der Waals surface area contributed by atoms with E-state index in [-0.39, 0.29) is 5.56 Å². The van der Waals surface area contributed by atoms with Crippen molar-refractivity contribution in [3.8, 4) is 5.75 Å². The third-order valence-electron chi connectivity index (χ3n) is 5.15. The third-order valence-corrected chi connectivity index (χ3v) is 5.15. The molecule has 0 amide bonds. The Morgan fingerprint density at radius 3 is 2.66 bits per heavy atom. The second-order valence-corrected chi connectivity index (χ2v) is 7.18. The zero-order valence-electron chi connectivity index (χ0n) is 15.9. The van der Waals surface area contributed by atoms with Gasteiger partial charge in [-0.25, -0.2) is 4.98 Å². The maximum absolute atomic E-state index is 12.5. The van der Waals surface area contributed by atoms with Crippen LogP contribution < -0.4 is 15.6 Å². The molecule has 0 aliphatic heterocycles. The van der Waals surface area contributed by atoms with Gasteiger partial charge in [-0.3, -0.25) is 9.89 Å². The number of rotatable bonds is 6. The van der Waals surface area contributed by atoms with E-state index in [1.807, 2.05) is 54.6 Å². The number of aromatic amines is 1. The number of fused-ring (bicyclic) bond motifs is 2. The van der Waals surface area contributed by atoms with Crippen LogP contribution in [0.5, 0.6) is 5.75 Å². The highest BCUT2D eigenvalue weighted by Crippen LogP contribution is 2.18. The van der Waals surface area contributed by atoms with Gasteiger partial charge in [0.1, 0.15) is 12.4 Å². The molecule has 0 saturated carbocycles. The summed E-state index contributed by atoms with van der Waals surface area (Å²) in [6, 6.07) is 18.0. The maximum Gasteiger partial charge on any atom is 0.277 e. The largest absolute Gasteiger partial charge is 0.489 e. The normalized spacial score (nSPS) is 12.8. The number of benzene rings is 2. The SMILES string of the molecule is O=c1c2c(nc3nc(NCc4ccc(OCc5ccccc5)cc4)[nH]n13)CCC2. The summed E-state index contributed by atoms with van der Waals surface area (Å²) >= 11 is 0. The molecule has 2 aromatic carbocycles. The zero-order valence-corrected chi connectivity index (χ0v) is 15.9. The molecule has 29 heavy (non-hydrogen) atoms. The Balaban J connectivity index is 1.23. The van der Waals surface area contributed by atoms with Crippen LogP contribution in [0.1, 0.15) is 28.8 Å². The van der Waals surface area contributed by atoms with Crippen LogP contribution in [0.3, 0.4) is 0 Å². The fourth-order valence-corrected chi connectivity index (χ4v) is 3.59. The van der Waals surface area contributed by atoms with Gasteiger partial charge in [0.2, 0.25) is 5.95 Å². The van der Waals surface area contributed by atoms with Crippen molar-refractivity contribution in [2.75, 3.05) is 5.32 Å². The van der Waals surface area contributed by atoms with Crippen molar-refractivity contribution < 1.29 is 4.74 Å². The van der Waals surface area contributed by atoms with E-state index in [9.17, 15) is 4.79 Å². The van der Waals surface area contributed by atoms with Crippen molar-refractivity contribution >= 4 is 11.7 Å². The van der Waals surface area contributed by atoms with Crippen LogP contribution in [0.25, 0.3) is 5.78 Å². The number of H-pyrrole nitrogens is 1. The first-order chi connectivity index (χ1) is 14.3. The van der Waals surface area contributed by atoms with E-state index in [2.05, 4.69) is 20.4 Å². The molecule has 1 aliphatic carbocycles. The Labute approximate surface area is 167 Å². The molecule has 4 aromatic rings. The molecule has 0 spiro atoms. The summed E-state index contributed by atoms with van der Waals surface area (Å²) in [6.07, 6.45) is 2.64. The number of ether oxygens (including phenoxy) is 1. The summed E-state index contributed by atoms with van der Waals surface area (Å²) in [5, 5.41) is 6.23. The molecule has 7 nitrogen and oxygen atoms in total. The molecular weight excluding hydrogens is 366 g/mol. The van der Waals surface area contributed by atoms with E-state index < -0.39 is 0 Å². The van der Waals surface area contributed by atoms with Crippen molar-refractivity contribution in [3.05, 3.63) is 87.3 Å². The molecule has 0 saturated heterocycles. The number of nitrogens with zero attached hydrogens (tertiary/aromatic N) is 3. The van der Waals surface area contributed by atoms with Crippen molar-refractivity contribution in [1.82, 2.24) is 19.6 Å². The topological polar surface area (TPSA) is 84.3 Å². The number of aromatic nitrogens is 4. The van der Waals surface area contributed by atoms with E-state index in [1.54, 1.807) is 0 Å². The lowest BCUT2D eigenvalue weighted by atomic mass is 10.2. The predicted molar refractivity (Wildman–Crippen MR) is 110 cm³/mol. The molecule has 0 fully saturated rings. The highest BCUT2D eigenvalue weighted by Gasteiger charge is 2.19. The molecule has 2 aromatic heterocycles. The highest BCUT2D eigenvalue weighted by atomic mass is 16.5. The molecule has 0 unspecified atom stereocenters. The average Bonchev–Trinajstić information content (AvgIpc) is 3.40. The van der Waals surface area contributed by atoms with Gasteiger partial charge in [-0.1, -0.05) is 42.5 Å². The quantitative estimate of drug-likeness (QED) is 0.531. The molecule has 0 atom stereocenters. The van der Waals surface area contributed by atoms with Gasteiger partial charge in [0.15, 0.2) is 0 Å². The lowest BCUT2D eigenvalue weighted by Gasteiger charge is -2.08. The first kappa shape index (κ1) is 17.5. The molecule has 5 rings (SSSR count). The fourth-order valence-electron chi connectivity index (χ4n) is 3.59. The summed E-state index contributed by atoms with van der Waals surface area (Å²) in [5.41, 5.74) is 3.88. The Morgan fingerprint density at radius 1 is 1.00 bits per heavy atom. The molecule has 7 heteroatoms. The van der Waals surface area contributed by atoms with Gasteiger partial charge in [-0.15, -0.1) is 0 Å². The zero-order chi connectivity index (χ0) is 19.6. The lowest BCUT2D eigenvalue weighted by Crippen LogP contribution is -2.20. The first-order valence-electron chi connectivity index (χ1n) is 9.76. The predicted octanol–water partition coefficient (Wildman–Crippen LogP) is 3.10. The molecule has 2 N–H and O–H groups in total. The molecule has 146 valence electrons. The van der Waals surface area contributed by atoms with Crippen molar-refractivity contribution in [3.63, 3.8) is 0 Å². The highest BCUT2D eigenvalue weighted by molar-refractivity contribution is 5.41. The number of nitrogens with one attached hydrogen (secondary N) is 2. The van der Waals surface area contributed by atoms with Crippen molar-refractivity contribution in [2.45, 2.75) is 32.4 Å². The Morgan fingerprint density at radius 2 is 1.83 bits per heavy atom. The van der Waals surface area contributed by atoms with Crippen LogP contribution in [0, 0.1) is 0 Å². The fraction of sp³-hybridized carbons (Fsp3) is 0.227. The second-order valence-electron chi connectivity index (χ2n) is 7.18. The average molecular weight is 387 g/mol. The summed E-state index contributed by atoms with van der Waals surface area (Å²) in [5.74, 6) is 1.78.